The molecule has 0 aliphatic rings. The van der Waals surface area contributed by atoms with Crippen LogP contribution in [0.25, 0.3) is 0 Å². The standard InChI is InChI=1S/C12H12F3NO3/c1-6-5-8(3-4-9(6)10(17)18)7(2)16-11(19)12(13,14)15/h3-5,7H,1-2H3,(H,16,19)(H,17,18). The predicted molar refractivity (Wildman–Crippen MR) is 60.8 cm³/mol. The number of hydrogen-bond donors (Lipinski definition) is 2. The highest BCUT2D eigenvalue weighted by atomic mass is 19.4. The SMILES string of the molecule is Cc1cc(C(C)NC(=O)C(F)(F)F)ccc1C(=O)O. The second-order valence-corrected chi connectivity index (χ2v) is 4.07. The van der Waals surface area contributed by atoms with Crippen molar-refractivity contribution in [3.8, 4) is 0 Å². The third kappa shape index (κ3) is 3.70. The highest BCUT2D eigenvalue weighted by molar-refractivity contribution is 5.89. The molecule has 1 unspecified atom stereocenters. The van der Waals surface area contributed by atoms with Crippen LogP contribution >= 0.6 is 0 Å². The first-order chi connectivity index (χ1) is 8.62. The minimum atomic E-state index is -4.94. The summed E-state index contributed by atoms with van der Waals surface area (Å²) in [6.45, 7) is 2.92. The van der Waals surface area contributed by atoms with Gasteiger partial charge in [0.05, 0.1) is 11.6 Å². The highest BCUT2D eigenvalue weighted by Gasteiger charge is 2.39. The topological polar surface area (TPSA) is 66.4 Å². The van der Waals surface area contributed by atoms with Crippen LogP contribution in [0.15, 0.2) is 18.2 Å². The first kappa shape index (κ1) is 15.0. The Morgan fingerprint density at radius 2 is 1.89 bits per heavy atom. The number of rotatable bonds is 3. The molecule has 0 aliphatic carbocycles. The molecule has 1 amide bonds. The van der Waals surface area contributed by atoms with Gasteiger partial charge in [0.2, 0.25) is 0 Å². The molecule has 2 N–H and O–H groups in total. The monoisotopic (exact) mass is 275 g/mol. The number of benzene rings is 1. The van der Waals surface area contributed by atoms with Crippen molar-refractivity contribution in [2.45, 2.75) is 26.1 Å². The van der Waals surface area contributed by atoms with Gasteiger partial charge < -0.3 is 10.4 Å². The number of amides is 1. The number of nitrogens with one attached hydrogen (secondary N) is 1. The zero-order chi connectivity index (χ0) is 14.8. The molecule has 7 heteroatoms. The van der Waals surface area contributed by atoms with Crippen molar-refractivity contribution in [2.75, 3.05) is 0 Å². The number of alkyl halides is 3. The normalized spacial score (nSPS) is 12.9. The predicted octanol–water partition coefficient (Wildman–Crippen LogP) is 2.43. The van der Waals surface area contributed by atoms with Crippen LogP contribution in [0, 0.1) is 6.92 Å². The van der Waals surface area contributed by atoms with Crippen LogP contribution in [0.1, 0.15) is 34.5 Å². The van der Waals surface area contributed by atoms with Gasteiger partial charge in [-0.1, -0.05) is 12.1 Å². The molecule has 0 aliphatic heterocycles. The first-order valence-electron chi connectivity index (χ1n) is 5.34. The largest absolute Gasteiger partial charge is 0.478 e. The summed E-state index contributed by atoms with van der Waals surface area (Å²) in [7, 11) is 0. The lowest BCUT2D eigenvalue weighted by molar-refractivity contribution is -0.174. The van der Waals surface area contributed by atoms with Gasteiger partial charge in [0.1, 0.15) is 0 Å². The number of aryl methyl sites for hydroxylation is 1. The Morgan fingerprint density at radius 1 is 1.32 bits per heavy atom. The fourth-order valence-corrected chi connectivity index (χ4v) is 1.56. The van der Waals surface area contributed by atoms with Crippen LogP contribution in [-0.4, -0.2) is 23.2 Å². The minimum Gasteiger partial charge on any atom is -0.478 e. The van der Waals surface area contributed by atoms with Crippen molar-refractivity contribution in [3.63, 3.8) is 0 Å². The fraction of sp³-hybridized carbons (Fsp3) is 0.333. The van der Waals surface area contributed by atoms with Gasteiger partial charge in [-0.05, 0) is 31.0 Å². The van der Waals surface area contributed by atoms with Gasteiger partial charge in [0.15, 0.2) is 0 Å². The number of carbonyl (C=O) groups excluding carboxylic acids is 1. The van der Waals surface area contributed by atoms with Crippen LogP contribution in [0.4, 0.5) is 13.2 Å². The van der Waals surface area contributed by atoms with E-state index in [9.17, 15) is 22.8 Å². The van der Waals surface area contributed by atoms with E-state index in [0.717, 1.165) is 0 Å². The Morgan fingerprint density at radius 3 is 2.32 bits per heavy atom. The van der Waals surface area contributed by atoms with Crippen molar-refractivity contribution in [1.29, 1.82) is 0 Å². The summed E-state index contributed by atoms with van der Waals surface area (Å²) in [5.74, 6) is -3.14. The fourth-order valence-electron chi connectivity index (χ4n) is 1.56. The maximum Gasteiger partial charge on any atom is 0.471 e. The third-order valence-electron chi connectivity index (χ3n) is 2.59. The Kier molecular flexibility index (Phi) is 4.18. The van der Waals surface area contributed by atoms with E-state index >= 15 is 0 Å². The van der Waals surface area contributed by atoms with E-state index in [1.807, 2.05) is 0 Å². The van der Waals surface area contributed by atoms with Gasteiger partial charge >= 0.3 is 18.1 Å². The van der Waals surface area contributed by atoms with Gasteiger partial charge in [0.25, 0.3) is 0 Å². The average Bonchev–Trinajstić information content (AvgIpc) is 2.26. The van der Waals surface area contributed by atoms with E-state index in [-0.39, 0.29) is 5.56 Å². The highest BCUT2D eigenvalue weighted by Crippen LogP contribution is 2.20. The van der Waals surface area contributed by atoms with Crippen LogP contribution < -0.4 is 5.32 Å². The molecule has 4 nitrogen and oxygen atoms in total. The lowest BCUT2D eigenvalue weighted by Gasteiger charge is -2.16. The van der Waals surface area contributed by atoms with E-state index in [1.54, 1.807) is 5.32 Å². The number of aromatic carboxylic acids is 1. The van der Waals surface area contributed by atoms with Crippen LogP contribution in [-0.2, 0) is 4.79 Å². The summed E-state index contributed by atoms with van der Waals surface area (Å²) in [6.07, 6.45) is -4.94. The molecule has 0 aromatic heterocycles. The summed E-state index contributed by atoms with van der Waals surface area (Å²) in [5, 5.41) is 10.6. The second kappa shape index (κ2) is 5.29. The Labute approximate surface area is 107 Å². The van der Waals surface area contributed by atoms with E-state index < -0.39 is 24.1 Å². The summed E-state index contributed by atoms with van der Waals surface area (Å²) in [5.41, 5.74) is 0.885. The average molecular weight is 275 g/mol. The molecular weight excluding hydrogens is 263 g/mol. The second-order valence-electron chi connectivity index (χ2n) is 4.07. The Hall–Kier alpha value is -2.05. The first-order valence-corrected chi connectivity index (χ1v) is 5.34. The molecular formula is C12H12F3NO3. The molecule has 1 atom stereocenters. The molecule has 0 radical (unpaired) electrons. The Balaban J connectivity index is 2.90. The lowest BCUT2D eigenvalue weighted by Crippen LogP contribution is -2.38. The number of carboxylic acids is 1. The van der Waals surface area contributed by atoms with E-state index in [1.165, 1.54) is 32.0 Å². The van der Waals surface area contributed by atoms with Crippen LogP contribution in [0.3, 0.4) is 0 Å². The molecule has 0 fully saturated rings. The molecule has 0 heterocycles. The summed E-state index contributed by atoms with van der Waals surface area (Å²) in [4.78, 5) is 21.6. The smallest absolute Gasteiger partial charge is 0.471 e. The van der Waals surface area contributed by atoms with Crippen molar-refractivity contribution in [2.24, 2.45) is 0 Å². The zero-order valence-electron chi connectivity index (χ0n) is 10.2. The minimum absolute atomic E-state index is 0.0677. The van der Waals surface area contributed by atoms with Gasteiger partial charge in [-0.25, -0.2) is 4.79 Å². The van der Waals surface area contributed by atoms with Crippen molar-refractivity contribution >= 4 is 11.9 Å². The molecule has 0 saturated heterocycles. The molecule has 104 valence electrons. The number of hydrogen-bond acceptors (Lipinski definition) is 2. The van der Waals surface area contributed by atoms with E-state index in [0.29, 0.717) is 11.1 Å². The van der Waals surface area contributed by atoms with Crippen molar-refractivity contribution in [3.05, 3.63) is 34.9 Å². The van der Waals surface area contributed by atoms with Crippen LogP contribution in [0.2, 0.25) is 0 Å². The number of carboxylic acid groups (broad SMARTS) is 1. The molecule has 1 rings (SSSR count). The van der Waals surface area contributed by atoms with Gasteiger partial charge in [-0.15, -0.1) is 0 Å². The van der Waals surface area contributed by atoms with E-state index in [4.69, 9.17) is 5.11 Å². The maximum atomic E-state index is 12.1. The summed E-state index contributed by atoms with van der Waals surface area (Å²) >= 11 is 0. The maximum absolute atomic E-state index is 12.1. The van der Waals surface area contributed by atoms with Crippen LogP contribution in [0.5, 0.6) is 0 Å². The lowest BCUT2D eigenvalue weighted by atomic mass is 10.0. The Bertz CT molecular complexity index is 511. The van der Waals surface area contributed by atoms with Gasteiger partial charge in [-0.2, -0.15) is 13.2 Å². The quantitative estimate of drug-likeness (QED) is 0.890. The molecule has 1 aromatic carbocycles. The van der Waals surface area contributed by atoms with Crippen molar-refractivity contribution < 1.29 is 27.9 Å². The summed E-state index contributed by atoms with van der Waals surface area (Å²) < 4.78 is 36.3. The van der Waals surface area contributed by atoms with Gasteiger partial charge in [0, 0.05) is 0 Å². The van der Waals surface area contributed by atoms with Gasteiger partial charge in [-0.3, -0.25) is 4.79 Å². The van der Waals surface area contributed by atoms with E-state index in [2.05, 4.69) is 0 Å². The zero-order valence-corrected chi connectivity index (χ0v) is 10.2. The number of halogens is 3. The third-order valence-corrected chi connectivity index (χ3v) is 2.59. The molecule has 0 bridgehead atoms. The molecule has 19 heavy (non-hydrogen) atoms. The summed E-state index contributed by atoms with van der Waals surface area (Å²) in [6, 6.07) is 3.24. The molecule has 0 saturated carbocycles. The van der Waals surface area contributed by atoms with Crippen molar-refractivity contribution in [1.82, 2.24) is 5.32 Å². The molecule has 0 spiro atoms. The molecule has 1 aromatic rings. The number of carbonyl (C=O) groups is 2.